The lowest BCUT2D eigenvalue weighted by molar-refractivity contribution is 0.0900. The number of rotatable bonds is 3. The van der Waals surface area contributed by atoms with Crippen LogP contribution in [0.4, 0.5) is 0 Å². The van der Waals surface area contributed by atoms with Gasteiger partial charge in [0.05, 0.1) is 6.10 Å². The third-order valence-corrected chi connectivity index (χ3v) is 3.55. The molecule has 15 heavy (non-hydrogen) atoms. The molecule has 82 valence electrons. The van der Waals surface area contributed by atoms with Crippen LogP contribution < -0.4 is 5.73 Å². The standard InChI is InChI=1S/C12H16INO/c13-10-5-3-9(4-6-10)8-11(14)12-2-1-7-15-12/h3-6,11-12H,1-2,7-8,14H2. The van der Waals surface area contributed by atoms with Crippen LogP contribution in [0.25, 0.3) is 0 Å². The van der Waals surface area contributed by atoms with E-state index in [0.717, 1.165) is 25.9 Å². The maximum atomic E-state index is 6.12. The molecule has 1 fully saturated rings. The zero-order chi connectivity index (χ0) is 10.7. The van der Waals surface area contributed by atoms with Crippen LogP contribution in [0.2, 0.25) is 0 Å². The minimum absolute atomic E-state index is 0.146. The van der Waals surface area contributed by atoms with Gasteiger partial charge in [0, 0.05) is 16.2 Å². The first kappa shape index (κ1) is 11.4. The molecule has 1 aliphatic heterocycles. The first-order valence-corrected chi connectivity index (χ1v) is 6.45. The fraction of sp³-hybridized carbons (Fsp3) is 0.500. The second-order valence-corrected chi connectivity index (χ2v) is 5.29. The van der Waals surface area contributed by atoms with Gasteiger partial charge in [-0.25, -0.2) is 0 Å². The van der Waals surface area contributed by atoms with E-state index in [1.165, 1.54) is 9.13 Å². The van der Waals surface area contributed by atoms with Crippen LogP contribution in [0.3, 0.4) is 0 Å². The molecule has 2 unspecified atom stereocenters. The second kappa shape index (κ2) is 5.27. The highest BCUT2D eigenvalue weighted by Crippen LogP contribution is 2.17. The van der Waals surface area contributed by atoms with Gasteiger partial charge in [0.25, 0.3) is 0 Å². The Morgan fingerprint density at radius 2 is 2.13 bits per heavy atom. The SMILES string of the molecule is NC(Cc1ccc(I)cc1)C1CCCO1. The van der Waals surface area contributed by atoms with E-state index in [4.69, 9.17) is 10.5 Å². The normalized spacial score (nSPS) is 22.9. The predicted molar refractivity (Wildman–Crippen MR) is 69.8 cm³/mol. The molecule has 0 amide bonds. The monoisotopic (exact) mass is 317 g/mol. The van der Waals surface area contributed by atoms with Crippen molar-refractivity contribution >= 4 is 22.6 Å². The molecule has 2 N–H and O–H groups in total. The minimum atomic E-state index is 0.146. The van der Waals surface area contributed by atoms with Gasteiger partial charge < -0.3 is 10.5 Å². The van der Waals surface area contributed by atoms with E-state index < -0.39 is 0 Å². The number of benzene rings is 1. The molecule has 0 radical (unpaired) electrons. The van der Waals surface area contributed by atoms with Crippen LogP contribution in [0.15, 0.2) is 24.3 Å². The average Bonchev–Trinajstić information content (AvgIpc) is 2.74. The summed E-state index contributed by atoms with van der Waals surface area (Å²) < 4.78 is 6.85. The van der Waals surface area contributed by atoms with Gasteiger partial charge >= 0.3 is 0 Å². The average molecular weight is 317 g/mol. The van der Waals surface area contributed by atoms with Gasteiger partial charge in [-0.05, 0) is 59.5 Å². The summed E-state index contributed by atoms with van der Waals surface area (Å²) in [4.78, 5) is 0. The first-order chi connectivity index (χ1) is 7.25. The Bertz CT molecular complexity index is 306. The first-order valence-electron chi connectivity index (χ1n) is 5.37. The maximum Gasteiger partial charge on any atom is 0.0730 e. The summed E-state index contributed by atoms with van der Waals surface area (Å²) in [5.41, 5.74) is 7.43. The summed E-state index contributed by atoms with van der Waals surface area (Å²) in [5, 5.41) is 0. The third-order valence-electron chi connectivity index (χ3n) is 2.83. The Morgan fingerprint density at radius 3 is 2.73 bits per heavy atom. The predicted octanol–water partition coefficient (Wildman–Crippen LogP) is 2.34. The molecule has 0 bridgehead atoms. The van der Waals surface area contributed by atoms with E-state index in [1.54, 1.807) is 0 Å². The summed E-state index contributed by atoms with van der Waals surface area (Å²) >= 11 is 2.31. The smallest absolute Gasteiger partial charge is 0.0730 e. The number of ether oxygens (including phenoxy) is 1. The van der Waals surface area contributed by atoms with Crippen LogP contribution >= 0.6 is 22.6 Å². The molecule has 1 aromatic carbocycles. The number of hydrogen-bond donors (Lipinski definition) is 1. The van der Waals surface area contributed by atoms with Crippen molar-refractivity contribution in [3.63, 3.8) is 0 Å². The Labute approximate surface area is 104 Å². The molecule has 1 aliphatic rings. The fourth-order valence-electron chi connectivity index (χ4n) is 1.96. The summed E-state index contributed by atoms with van der Waals surface area (Å²) in [6, 6.07) is 8.69. The van der Waals surface area contributed by atoms with Crippen molar-refractivity contribution in [3.8, 4) is 0 Å². The summed E-state index contributed by atoms with van der Waals surface area (Å²) in [7, 11) is 0. The van der Waals surface area contributed by atoms with Gasteiger partial charge in [-0.3, -0.25) is 0 Å². The molecule has 3 heteroatoms. The maximum absolute atomic E-state index is 6.12. The largest absolute Gasteiger partial charge is 0.377 e. The number of halogens is 1. The molecular formula is C12H16INO. The quantitative estimate of drug-likeness (QED) is 0.869. The summed E-state index contributed by atoms with van der Waals surface area (Å²) in [6.45, 7) is 0.880. The van der Waals surface area contributed by atoms with Gasteiger partial charge in [0.15, 0.2) is 0 Å². The third kappa shape index (κ3) is 3.16. The van der Waals surface area contributed by atoms with Crippen molar-refractivity contribution < 1.29 is 4.74 Å². The Hall–Kier alpha value is -0.130. The van der Waals surface area contributed by atoms with Crippen LogP contribution in [-0.4, -0.2) is 18.8 Å². The Morgan fingerprint density at radius 1 is 1.40 bits per heavy atom. The zero-order valence-electron chi connectivity index (χ0n) is 8.66. The molecule has 2 nitrogen and oxygen atoms in total. The molecule has 2 atom stereocenters. The highest BCUT2D eigenvalue weighted by atomic mass is 127. The van der Waals surface area contributed by atoms with E-state index in [0.29, 0.717) is 0 Å². The molecule has 0 aliphatic carbocycles. The molecule has 1 heterocycles. The van der Waals surface area contributed by atoms with Crippen molar-refractivity contribution in [2.45, 2.75) is 31.4 Å². The second-order valence-electron chi connectivity index (χ2n) is 4.05. The molecule has 0 spiro atoms. The van der Waals surface area contributed by atoms with Crippen molar-refractivity contribution in [2.75, 3.05) is 6.61 Å². The Kier molecular flexibility index (Phi) is 3.99. The van der Waals surface area contributed by atoms with Crippen molar-refractivity contribution in [1.82, 2.24) is 0 Å². The van der Waals surface area contributed by atoms with Crippen LogP contribution in [-0.2, 0) is 11.2 Å². The molecule has 2 rings (SSSR count). The van der Waals surface area contributed by atoms with Crippen LogP contribution in [0.5, 0.6) is 0 Å². The van der Waals surface area contributed by atoms with Gasteiger partial charge in [-0.1, -0.05) is 12.1 Å². The van der Waals surface area contributed by atoms with E-state index in [2.05, 4.69) is 46.9 Å². The fourth-order valence-corrected chi connectivity index (χ4v) is 2.32. The van der Waals surface area contributed by atoms with Gasteiger partial charge in [-0.15, -0.1) is 0 Å². The topological polar surface area (TPSA) is 35.2 Å². The number of hydrogen-bond acceptors (Lipinski definition) is 2. The van der Waals surface area contributed by atoms with Crippen LogP contribution in [0, 0.1) is 3.57 Å². The van der Waals surface area contributed by atoms with E-state index >= 15 is 0 Å². The van der Waals surface area contributed by atoms with Gasteiger partial charge in [-0.2, -0.15) is 0 Å². The lowest BCUT2D eigenvalue weighted by Gasteiger charge is -2.18. The number of nitrogens with two attached hydrogens (primary N) is 1. The lowest BCUT2D eigenvalue weighted by Crippen LogP contribution is -2.36. The summed E-state index contributed by atoms with van der Waals surface area (Å²) in [5.74, 6) is 0. The van der Waals surface area contributed by atoms with Gasteiger partial charge in [0.1, 0.15) is 0 Å². The zero-order valence-corrected chi connectivity index (χ0v) is 10.8. The summed E-state index contributed by atoms with van der Waals surface area (Å²) in [6.07, 6.45) is 3.46. The van der Waals surface area contributed by atoms with Crippen LogP contribution in [0.1, 0.15) is 18.4 Å². The highest BCUT2D eigenvalue weighted by molar-refractivity contribution is 14.1. The lowest BCUT2D eigenvalue weighted by atomic mass is 10.0. The van der Waals surface area contributed by atoms with Gasteiger partial charge in [0.2, 0.25) is 0 Å². The highest BCUT2D eigenvalue weighted by Gasteiger charge is 2.22. The minimum Gasteiger partial charge on any atom is -0.377 e. The van der Waals surface area contributed by atoms with E-state index in [1.807, 2.05) is 0 Å². The molecule has 0 saturated carbocycles. The molecule has 1 saturated heterocycles. The molecule has 1 aromatic rings. The van der Waals surface area contributed by atoms with Crippen molar-refractivity contribution in [1.29, 1.82) is 0 Å². The van der Waals surface area contributed by atoms with E-state index in [9.17, 15) is 0 Å². The van der Waals surface area contributed by atoms with Crippen molar-refractivity contribution in [2.24, 2.45) is 5.73 Å². The Balaban J connectivity index is 1.92. The van der Waals surface area contributed by atoms with E-state index in [-0.39, 0.29) is 12.1 Å². The molecular weight excluding hydrogens is 301 g/mol. The molecule has 0 aromatic heterocycles. The van der Waals surface area contributed by atoms with Crippen molar-refractivity contribution in [3.05, 3.63) is 33.4 Å².